The molecule has 2 rings (SSSR count). The first-order valence-electron chi connectivity index (χ1n) is 6.47. The van der Waals surface area contributed by atoms with E-state index in [4.69, 9.17) is 16.3 Å². The monoisotopic (exact) mass is 354 g/mol. The summed E-state index contributed by atoms with van der Waals surface area (Å²) in [4.78, 5) is 8.92. The molecular weight excluding hydrogens is 340 g/mol. The van der Waals surface area contributed by atoms with E-state index in [-0.39, 0.29) is 0 Å². The molecule has 0 aliphatic rings. The van der Waals surface area contributed by atoms with Crippen molar-refractivity contribution >= 4 is 27.5 Å². The maximum Gasteiger partial charge on any atom is 0.147 e. The van der Waals surface area contributed by atoms with Crippen LogP contribution in [0, 0.1) is 0 Å². The van der Waals surface area contributed by atoms with Crippen LogP contribution in [-0.2, 0) is 12.8 Å². The molecule has 0 radical (unpaired) electrons. The largest absolute Gasteiger partial charge is 0.497 e. The lowest BCUT2D eigenvalue weighted by Gasteiger charge is -2.08. The Hall–Kier alpha value is -1.13. The number of methoxy groups -OCH3 is 1. The molecule has 1 heterocycles. The number of rotatable bonds is 5. The van der Waals surface area contributed by atoms with Crippen molar-refractivity contribution in [3.8, 4) is 5.75 Å². The number of nitrogens with zero attached hydrogens (tertiary/aromatic N) is 2. The molecule has 20 heavy (non-hydrogen) atoms. The van der Waals surface area contributed by atoms with Crippen LogP contribution in [0.25, 0.3) is 0 Å². The van der Waals surface area contributed by atoms with Gasteiger partial charge < -0.3 is 4.74 Å². The molecule has 0 aliphatic carbocycles. The summed E-state index contributed by atoms with van der Waals surface area (Å²) < 4.78 is 6.02. The van der Waals surface area contributed by atoms with Crippen LogP contribution in [0.5, 0.6) is 5.75 Å². The molecule has 1 aromatic carbocycles. The molecule has 0 aliphatic heterocycles. The van der Waals surface area contributed by atoms with Gasteiger partial charge in [0, 0.05) is 6.42 Å². The van der Waals surface area contributed by atoms with Gasteiger partial charge in [-0.2, -0.15) is 0 Å². The lowest BCUT2D eigenvalue weighted by molar-refractivity contribution is 0.414. The van der Waals surface area contributed by atoms with Crippen LogP contribution in [0.1, 0.15) is 30.4 Å². The van der Waals surface area contributed by atoms with Crippen LogP contribution in [0.2, 0.25) is 5.15 Å². The molecular formula is C15H16BrClN2O. The van der Waals surface area contributed by atoms with E-state index >= 15 is 0 Å². The zero-order chi connectivity index (χ0) is 14.5. The van der Waals surface area contributed by atoms with E-state index in [0.717, 1.165) is 40.1 Å². The molecule has 2 aromatic rings. The Kier molecular flexibility index (Phi) is 5.38. The van der Waals surface area contributed by atoms with Crippen molar-refractivity contribution in [2.75, 3.05) is 7.11 Å². The number of aromatic nitrogens is 2. The number of ether oxygens (including phenoxy) is 1. The molecule has 0 saturated carbocycles. The van der Waals surface area contributed by atoms with Crippen molar-refractivity contribution in [2.24, 2.45) is 0 Å². The Labute approximate surface area is 132 Å². The topological polar surface area (TPSA) is 35.0 Å². The van der Waals surface area contributed by atoms with Gasteiger partial charge in [-0.25, -0.2) is 9.97 Å². The molecule has 0 saturated heterocycles. The zero-order valence-corrected chi connectivity index (χ0v) is 13.8. The van der Waals surface area contributed by atoms with Crippen molar-refractivity contribution in [1.82, 2.24) is 9.97 Å². The van der Waals surface area contributed by atoms with Crippen molar-refractivity contribution in [2.45, 2.75) is 26.2 Å². The van der Waals surface area contributed by atoms with Gasteiger partial charge in [0.05, 0.1) is 17.3 Å². The predicted octanol–water partition coefficient (Wildman–Crippen LogP) is 4.44. The van der Waals surface area contributed by atoms with Gasteiger partial charge in [0.1, 0.15) is 16.7 Å². The summed E-state index contributed by atoms with van der Waals surface area (Å²) in [6, 6.07) is 7.89. The van der Waals surface area contributed by atoms with Gasteiger partial charge in [0.25, 0.3) is 0 Å². The van der Waals surface area contributed by atoms with Gasteiger partial charge in [0.2, 0.25) is 0 Å². The molecule has 0 N–H and O–H groups in total. The average Bonchev–Trinajstić information content (AvgIpc) is 2.44. The fraction of sp³-hybridized carbons (Fsp3) is 0.333. The van der Waals surface area contributed by atoms with Crippen LogP contribution in [-0.4, -0.2) is 17.1 Å². The van der Waals surface area contributed by atoms with Gasteiger partial charge in [-0.1, -0.05) is 37.1 Å². The molecule has 106 valence electrons. The van der Waals surface area contributed by atoms with Gasteiger partial charge in [0.15, 0.2) is 0 Å². The van der Waals surface area contributed by atoms with E-state index in [9.17, 15) is 0 Å². The normalized spacial score (nSPS) is 10.6. The summed E-state index contributed by atoms with van der Waals surface area (Å²) in [5.74, 6) is 1.56. The molecule has 3 nitrogen and oxygen atoms in total. The Morgan fingerprint density at radius 3 is 2.80 bits per heavy atom. The summed E-state index contributed by atoms with van der Waals surface area (Å²) in [7, 11) is 1.66. The fourth-order valence-corrected chi connectivity index (χ4v) is 2.54. The summed E-state index contributed by atoms with van der Waals surface area (Å²) in [6.45, 7) is 2.12. The first-order chi connectivity index (χ1) is 9.63. The first-order valence-corrected chi connectivity index (χ1v) is 7.64. The summed E-state index contributed by atoms with van der Waals surface area (Å²) in [5, 5.41) is 0.473. The quantitative estimate of drug-likeness (QED) is 0.744. The second-order valence-corrected chi connectivity index (χ2v) is 5.62. The van der Waals surface area contributed by atoms with Crippen molar-refractivity contribution in [3.63, 3.8) is 0 Å². The number of hydrogen-bond acceptors (Lipinski definition) is 3. The highest BCUT2D eigenvalue weighted by atomic mass is 79.9. The minimum absolute atomic E-state index is 0.473. The Bertz CT molecular complexity index is 604. The molecule has 0 atom stereocenters. The molecule has 0 amide bonds. The molecule has 0 fully saturated rings. The molecule has 1 aromatic heterocycles. The minimum Gasteiger partial charge on any atom is -0.497 e. The molecule has 5 heteroatoms. The number of halogens is 2. The van der Waals surface area contributed by atoms with Gasteiger partial charge in [-0.3, -0.25) is 0 Å². The van der Waals surface area contributed by atoms with Crippen LogP contribution in [0.4, 0.5) is 0 Å². The van der Waals surface area contributed by atoms with E-state index in [1.165, 1.54) is 0 Å². The van der Waals surface area contributed by atoms with E-state index < -0.39 is 0 Å². The predicted molar refractivity (Wildman–Crippen MR) is 84.5 cm³/mol. The number of benzene rings is 1. The number of hydrogen-bond donors (Lipinski definition) is 0. The second-order valence-electron chi connectivity index (χ2n) is 4.47. The Morgan fingerprint density at radius 1 is 1.30 bits per heavy atom. The average molecular weight is 356 g/mol. The molecule has 0 spiro atoms. The minimum atomic E-state index is 0.473. The third-order valence-corrected chi connectivity index (χ3v) is 4.24. The molecule has 0 bridgehead atoms. The highest BCUT2D eigenvalue weighted by Gasteiger charge is 2.11. The molecule has 0 unspecified atom stereocenters. The smallest absolute Gasteiger partial charge is 0.147 e. The van der Waals surface area contributed by atoms with Crippen LogP contribution < -0.4 is 4.74 Å². The van der Waals surface area contributed by atoms with E-state index in [1.807, 2.05) is 24.3 Å². The summed E-state index contributed by atoms with van der Waals surface area (Å²) in [6.07, 6.45) is 2.54. The van der Waals surface area contributed by atoms with E-state index in [1.54, 1.807) is 7.11 Å². The third-order valence-electron chi connectivity index (χ3n) is 2.91. The lowest BCUT2D eigenvalue weighted by Crippen LogP contribution is -2.03. The van der Waals surface area contributed by atoms with Crippen LogP contribution in [0.3, 0.4) is 0 Å². The standard InChI is InChI=1S/C15H16BrClN2O/c1-3-5-12-14(16)15(17)19-13(18-12)9-10-6-4-7-11(8-10)20-2/h4,6-8H,3,5,9H2,1-2H3. The maximum absolute atomic E-state index is 6.16. The van der Waals surface area contributed by atoms with Crippen LogP contribution >= 0.6 is 27.5 Å². The summed E-state index contributed by atoms with van der Waals surface area (Å²) in [5.41, 5.74) is 2.07. The van der Waals surface area contributed by atoms with E-state index in [0.29, 0.717) is 11.6 Å². The highest BCUT2D eigenvalue weighted by molar-refractivity contribution is 9.10. The fourth-order valence-electron chi connectivity index (χ4n) is 1.96. The SMILES string of the molecule is CCCc1nc(Cc2cccc(OC)c2)nc(Cl)c1Br. The lowest BCUT2D eigenvalue weighted by atomic mass is 10.1. The maximum atomic E-state index is 6.16. The number of aryl methyl sites for hydroxylation is 1. The second kappa shape index (κ2) is 7.04. The Morgan fingerprint density at radius 2 is 2.10 bits per heavy atom. The highest BCUT2D eigenvalue weighted by Crippen LogP contribution is 2.25. The van der Waals surface area contributed by atoms with Gasteiger partial charge in [-0.15, -0.1) is 0 Å². The van der Waals surface area contributed by atoms with Crippen molar-refractivity contribution in [3.05, 3.63) is 51.0 Å². The van der Waals surface area contributed by atoms with Gasteiger partial charge >= 0.3 is 0 Å². The van der Waals surface area contributed by atoms with Crippen LogP contribution in [0.15, 0.2) is 28.7 Å². The first kappa shape index (κ1) is 15.3. The zero-order valence-electron chi connectivity index (χ0n) is 11.5. The van der Waals surface area contributed by atoms with Crippen molar-refractivity contribution < 1.29 is 4.74 Å². The van der Waals surface area contributed by atoms with Crippen molar-refractivity contribution in [1.29, 1.82) is 0 Å². The Balaban J connectivity index is 2.28. The third kappa shape index (κ3) is 3.70. The van der Waals surface area contributed by atoms with E-state index in [2.05, 4.69) is 32.8 Å². The van der Waals surface area contributed by atoms with Gasteiger partial charge in [-0.05, 0) is 40.0 Å². The summed E-state index contributed by atoms with van der Waals surface area (Å²) >= 11 is 9.60.